The molecule has 1 aliphatic heterocycles. The Hall–Kier alpha value is -1.84. The number of carbonyl (C=O) groups excluding carboxylic acids is 2. The zero-order chi connectivity index (χ0) is 15.8. The van der Waals surface area contributed by atoms with E-state index in [1.165, 1.54) is 12.8 Å². The summed E-state index contributed by atoms with van der Waals surface area (Å²) in [5.41, 5.74) is 1.08. The average molecular weight is 302 g/mol. The van der Waals surface area contributed by atoms with E-state index >= 15 is 0 Å². The number of carbonyl (C=O) groups is 2. The predicted molar refractivity (Wildman–Crippen MR) is 87.3 cm³/mol. The number of amides is 2. The highest BCUT2D eigenvalue weighted by Crippen LogP contribution is 2.13. The summed E-state index contributed by atoms with van der Waals surface area (Å²) in [6, 6.07) is 9.84. The lowest BCUT2D eigenvalue weighted by Gasteiger charge is -2.20. The van der Waals surface area contributed by atoms with E-state index in [-0.39, 0.29) is 24.3 Å². The van der Waals surface area contributed by atoms with Gasteiger partial charge in [-0.15, -0.1) is 0 Å². The van der Waals surface area contributed by atoms with Crippen LogP contribution in [-0.4, -0.2) is 29.8 Å². The number of hydrogen-bond acceptors (Lipinski definition) is 2. The normalized spacial score (nSPS) is 16.7. The van der Waals surface area contributed by atoms with Crippen LogP contribution in [0, 0.1) is 0 Å². The Bertz CT molecular complexity index is 479. The molecule has 2 rings (SSSR count). The van der Waals surface area contributed by atoms with Crippen molar-refractivity contribution in [2.75, 3.05) is 13.1 Å². The molecule has 0 spiro atoms. The highest BCUT2D eigenvalue weighted by Gasteiger charge is 2.17. The van der Waals surface area contributed by atoms with Gasteiger partial charge in [0.25, 0.3) is 0 Å². The summed E-state index contributed by atoms with van der Waals surface area (Å²) in [7, 11) is 0. The Labute approximate surface area is 132 Å². The molecule has 0 unspecified atom stereocenters. The van der Waals surface area contributed by atoms with Crippen LogP contribution in [0.15, 0.2) is 30.3 Å². The summed E-state index contributed by atoms with van der Waals surface area (Å²) in [5.74, 6) is 0.0592. The monoisotopic (exact) mass is 302 g/mol. The van der Waals surface area contributed by atoms with E-state index in [0.29, 0.717) is 6.42 Å². The summed E-state index contributed by atoms with van der Waals surface area (Å²) >= 11 is 0. The number of rotatable bonds is 5. The molecule has 4 nitrogen and oxygen atoms in total. The van der Waals surface area contributed by atoms with E-state index in [4.69, 9.17) is 0 Å². The smallest absolute Gasteiger partial charge is 0.223 e. The van der Waals surface area contributed by atoms with Gasteiger partial charge >= 0.3 is 0 Å². The van der Waals surface area contributed by atoms with Crippen molar-refractivity contribution in [3.05, 3.63) is 35.9 Å². The van der Waals surface area contributed by atoms with Gasteiger partial charge in [-0.05, 0) is 25.3 Å². The van der Waals surface area contributed by atoms with E-state index in [2.05, 4.69) is 5.32 Å². The Kier molecular flexibility index (Phi) is 6.44. The minimum Gasteiger partial charge on any atom is -0.350 e. The van der Waals surface area contributed by atoms with Crippen LogP contribution in [0.1, 0.15) is 57.1 Å². The molecule has 2 amide bonds. The van der Waals surface area contributed by atoms with Crippen LogP contribution in [0.2, 0.25) is 0 Å². The lowest BCUT2D eigenvalue weighted by Crippen LogP contribution is -2.33. The van der Waals surface area contributed by atoms with Crippen LogP contribution in [0.5, 0.6) is 0 Å². The molecular weight excluding hydrogens is 276 g/mol. The molecule has 1 saturated heterocycles. The first kappa shape index (κ1) is 16.5. The lowest BCUT2D eigenvalue weighted by atomic mass is 10.1. The van der Waals surface area contributed by atoms with Gasteiger partial charge in [0, 0.05) is 25.9 Å². The quantitative estimate of drug-likeness (QED) is 0.909. The molecule has 1 atom stereocenters. The minimum atomic E-state index is -0.0560. The molecule has 0 radical (unpaired) electrons. The maximum atomic E-state index is 12.2. The summed E-state index contributed by atoms with van der Waals surface area (Å²) in [6.45, 7) is 3.66. The van der Waals surface area contributed by atoms with Crippen LogP contribution in [0.3, 0.4) is 0 Å². The molecule has 0 bridgehead atoms. The second-order valence-electron chi connectivity index (χ2n) is 5.99. The molecule has 0 aliphatic carbocycles. The first-order valence-corrected chi connectivity index (χ1v) is 8.29. The van der Waals surface area contributed by atoms with Crippen LogP contribution >= 0.6 is 0 Å². The van der Waals surface area contributed by atoms with E-state index in [1.807, 2.05) is 42.2 Å². The van der Waals surface area contributed by atoms with E-state index in [9.17, 15) is 9.59 Å². The van der Waals surface area contributed by atoms with Gasteiger partial charge in [0.15, 0.2) is 0 Å². The molecule has 1 fully saturated rings. The summed E-state index contributed by atoms with van der Waals surface area (Å²) < 4.78 is 0. The first-order chi connectivity index (χ1) is 10.7. The number of nitrogens with one attached hydrogen (secondary N) is 1. The van der Waals surface area contributed by atoms with Crippen LogP contribution < -0.4 is 5.32 Å². The molecule has 1 aromatic rings. The molecule has 0 saturated carbocycles. The molecule has 1 N–H and O–H groups in total. The average Bonchev–Trinajstić information content (AvgIpc) is 2.82. The number of hydrogen-bond donors (Lipinski definition) is 1. The van der Waals surface area contributed by atoms with Crippen molar-refractivity contribution in [3.63, 3.8) is 0 Å². The van der Waals surface area contributed by atoms with Crippen molar-refractivity contribution in [2.24, 2.45) is 0 Å². The zero-order valence-corrected chi connectivity index (χ0v) is 13.4. The van der Waals surface area contributed by atoms with Gasteiger partial charge < -0.3 is 10.2 Å². The maximum Gasteiger partial charge on any atom is 0.223 e. The Balaban J connectivity index is 1.74. The number of benzene rings is 1. The fourth-order valence-electron chi connectivity index (χ4n) is 2.84. The fourth-order valence-corrected chi connectivity index (χ4v) is 2.84. The Morgan fingerprint density at radius 3 is 2.32 bits per heavy atom. The Morgan fingerprint density at radius 2 is 1.68 bits per heavy atom. The summed E-state index contributed by atoms with van der Waals surface area (Å²) in [5, 5.41) is 2.96. The molecule has 4 heteroatoms. The third-order valence-electron chi connectivity index (χ3n) is 4.20. The first-order valence-electron chi connectivity index (χ1n) is 8.29. The van der Waals surface area contributed by atoms with Crippen molar-refractivity contribution in [2.45, 2.75) is 51.5 Å². The van der Waals surface area contributed by atoms with Crippen LogP contribution in [0.25, 0.3) is 0 Å². The summed E-state index contributed by atoms with van der Waals surface area (Å²) in [4.78, 5) is 26.1. The minimum absolute atomic E-state index is 0.0259. The van der Waals surface area contributed by atoms with Gasteiger partial charge in [-0.2, -0.15) is 0 Å². The number of nitrogens with zero attached hydrogens (tertiary/aromatic N) is 1. The van der Waals surface area contributed by atoms with Crippen LogP contribution in [-0.2, 0) is 9.59 Å². The molecule has 1 aromatic carbocycles. The lowest BCUT2D eigenvalue weighted by molar-refractivity contribution is -0.133. The van der Waals surface area contributed by atoms with E-state index in [1.54, 1.807) is 0 Å². The second kappa shape index (κ2) is 8.57. The molecule has 22 heavy (non-hydrogen) atoms. The molecule has 120 valence electrons. The van der Waals surface area contributed by atoms with Crippen molar-refractivity contribution >= 4 is 11.8 Å². The predicted octanol–water partition coefficient (Wildman–Crippen LogP) is 3.05. The van der Waals surface area contributed by atoms with Crippen molar-refractivity contribution in [3.8, 4) is 0 Å². The SMILES string of the molecule is C[C@@H](NC(=O)CCC(=O)N1CCCCCC1)c1ccccc1. The highest BCUT2D eigenvalue weighted by molar-refractivity contribution is 5.84. The molecular formula is C18H26N2O2. The fraction of sp³-hybridized carbons (Fsp3) is 0.556. The molecule has 0 aromatic heterocycles. The van der Waals surface area contributed by atoms with Gasteiger partial charge in [-0.25, -0.2) is 0 Å². The van der Waals surface area contributed by atoms with Crippen molar-refractivity contribution in [1.82, 2.24) is 10.2 Å². The highest BCUT2D eigenvalue weighted by atomic mass is 16.2. The van der Waals surface area contributed by atoms with Gasteiger partial charge in [0.05, 0.1) is 6.04 Å². The van der Waals surface area contributed by atoms with Gasteiger partial charge in [0.1, 0.15) is 0 Å². The van der Waals surface area contributed by atoms with Crippen LogP contribution in [0.4, 0.5) is 0 Å². The van der Waals surface area contributed by atoms with Crippen molar-refractivity contribution < 1.29 is 9.59 Å². The number of likely N-dealkylation sites (tertiary alicyclic amines) is 1. The van der Waals surface area contributed by atoms with Gasteiger partial charge in [-0.3, -0.25) is 9.59 Å². The molecule has 1 aliphatic rings. The third kappa shape index (κ3) is 5.17. The third-order valence-corrected chi connectivity index (χ3v) is 4.20. The zero-order valence-electron chi connectivity index (χ0n) is 13.4. The van der Waals surface area contributed by atoms with E-state index < -0.39 is 0 Å². The standard InChI is InChI=1S/C18H26N2O2/c1-15(16-9-5-4-6-10-16)19-17(21)11-12-18(22)20-13-7-2-3-8-14-20/h4-6,9-10,15H,2-3,7-8,11-14H2,1H3,(H,19,21)/t15-/m1/s1. The second-order valence-corrected chi connectivity index (χ2v) is 5.99. The molecule has 1 heterocycles. The largest absolute Gasteiger partial charge is 0.350 e. The van der Waals surface area contributed by atoms with Crippen molar-refractivity contribution in [1.29, 1.82) is 0 Å². The topological polar surface area (TPSA) is 49.4 Å². The van der Waals surface area contributed by atoms with Gasteiger partial charge in [-0.1, -0.05) is 43.2 Å². The van der Waals surface area contributed by atoms with Gasteiger partial charge in [0.2, 0.25) is 11.8 Å². The Morgan fingerprint density at radius 1 is 1.05 bits per heavy atom. The van der Waals surface area contributed by atoms with E-state index in [0.717, 1.165) is 31.5 Å². The maximum absolute atomic E-state index is 12.2. The summed E-state index contributed by atoms with van der Waals surface area (Å²) in [6.07, 6.45) is 5.17.